The smallest absolute Gasteiger partial charge is 0.124 e. The molecule has 1 saturated heterocycles. The molecule has 1 aliphatic heterocycles. The standard InChI is InChI=1S/C20H27N5O/c1-13-14(2)22-20(21-13)18-11-15(26-4)12-25(18)10-9-19-23-16-7-5-6-8-17(16)24(19)3/h5-8,15,18H,9-12H2,1-4H3,(H,21,22)/t15-,18+/m1/s1. The molecule has 26 heavy (non-hydrogen) atoms. The van der Waals surface area contributed by atoms with Crippen LogP contribution in [0.4, 0.5) is 0 Å². The average molecular weight is 353 g/mol. The molecule has 0 unspecified atom stereocenters. The molecule has 3 heterocycles. The predicted molar refractivity (Wildman–Crippen MR) is 102 cm³/mol. The molecule has 6 heteroatoms. The van der Waals surface area contributed by atoms with Crippen molar-refractivity contribution >= 4 is 11.0 Å². The van der Waals surface area contributed by atoms with Gasteiger partial charge in [-0.15, -0.1) is 0 Å². The largest absolute Gasteiger partial charge is 0.380 e. The Morgan fingerprint density at radius 2 is 2.04 bits per heavy atom. The number of aryl methyl sites for hydroxylation is 3. The van der Waals surface area contributed by atoms with Crippen molar-refractivity contribution in [3.05, 3.63) is 47.3 Å². The number of ether oxygens (including phenoxy) is 1. The number of benzene rings is 1. The highest BCUT2D eigenvalue weighted by Gasteiger charge is 2.35. The second-order valence-electron chi connectivity index (χ2n) is 7.26. The summed E-state index contributed by atoms with van der Waals surface area (Å²) in [6.07, 6.45) is 2.15. The first-order valence-electron chi connectivity index (χ1n) is 9.27. The third kappa shape index (κ3) is 3.04. The molecule has 138 valence electrons. The van der Waals surface area contributed by atoms with Crippen LogP contribution in [-0.4, -0.2) is 50.7 Å². The highest BCUT2D eigenvalue weighted by molar-refractivity contribution is 5.75. The summed E-state index contributed by atoms with van der Waals surface area (Å²) in [6.45, 7) is 6.02. The summed E-state index contributed by atoms with van der Waals surface area (Å²) in [7, 11) is 3.90. The fourth-order valence-electron chi connectivity index (χ4n) is 3.96. The van der Waals surface area contributed by atoms with Crippen LogP contribution in [0.25, 0.3) is 11.0 Å². The molecule has 2 aromatic heterocycles. The van der Waals surface area contributed by atoms with Gasteiger partial charge in [-0.2, -0.15) is 0 Å². The van der Waals surface area contributed by atoms with E-state index in [4.69, 9.17) is 14.7 Å². The van der Waals surface area contributed by atoms with Crippen LogP contribution in [0.2, 0.25) is 0 Å². The van der Waals surface area contributed by atoms with E-state index in [1.54, 1.807) is 7.11 Å². The Kier molecular flexibility index (Phi) is 4.54. The van der Waals surface area contributed by atoms with Gasteiger partial charge < -0.3 is 14.3 Å². The van der Waals surface area contributed by atoms with E-state index in [1.807, 2.05) is 6.07 Å². The van der Waals surface area contributed by atoms with Crippen LogP contribution in [0, 0.1) is 13.8 Å². The van der Waals surface area contributed by atoms with Crippen molar-refractivity contribution in [2.24, 2.45) is 7.05 Å². The van der Waals surface area contributed by atoms with Gasteiger partial charge in [0.2, 0.25) is 0 Å². The van der Waals surface area contributed by atoms with Gasteiger partial charge in [0.1, 0.15) is 11.6 Å². The van der Waals surface area contributed by atoms with Gasteiger partial charge in [-0.05, 0) is 32.4 Å². The van der Waals surface area contributed by atoms with Crippen molar-refractivity contribution in [3.63, 3.8) is 0 Å². The molecule has 0 radical (unpaired) electrons. The number of imidazole rings is 2. The van der Waals surface area contributed by atoms with E-state index in [-0.39, 0.29) is 12.1 Å². The van der Waals surface area contributed by atoms with Crippen molar-refractivity contribution in [2.45, 2.75) is 38.8 Å². The zero-order valence-electron chi connectivity index (χ0n) is 16.0. The van der Waals surface area contributed by atoms with E-state index >= 15 is 0 Å². The Labute approximate surface area is 154 Å². The van der Waals surface area contributed by atoms with E-state index in [2.05, 4.69) is 53.5 Å². The van der Waals surface area contributed by atoms with E-state index in [9.17, 15) is 0 Å². The molecule has 0 spiro atoms. The van der Waals surface area contributed by atoms with Crippen LogP contribution in [0.5, 0.6) is 0 Å². The number of aromatic amines is 1. The van der Waals surface area contributed by atoms with E-state index in [0.29, 0.717) is 0 Å². The number of nitrogens with zero attached hydrogens (tertiary/aromatic N) is 4. The summed E-state index contributed by atoms with van der Waals surface area (Å²) >= 11 is 0. The minimum Gasteiger partial charge on any atom is -0.380 e. The monoisotopic (exact) mass is 353 g/mol. The van der Waals surface area contributed by atoms with Gasteiger partial charge in [-0.25, -0.2) is 9.97 Å². The molecule has 0 saturated carbocycles. The normalized spacial score (nSPS) is 21.1. The van der Waals surface area contributed by atoms with Crippen molar-refractivity contribution in [2.75, 3.05) is 20.2 Å². The number of nitrogens with one attached hydrogen (secondary N) is 1. The number of rotatable bonds is 5. The van der Waals surface area contributed by atoms with Crippen LogP contribution in [-0.2, 0) is 18.2 Å². The van der Waals surface area contributed by atoms with E-state index < -0.39 is 0 Å². The Bertz CT molecular complexity index is 893. The van der Waals surface area contributed by atoms with Crippen molar-refractivity contribution in [3.8, 4) is 0 Å². The average Bonchev–Trinajstić information content (AvgIpc) is 3.30. The number of hydrogen-bond donors (Lipinski definition) is 1. The molecule has 6 nitrogen and oxygen atoms in total. The maximum absolute atomic E-state index is 5.65. The van der Waals surface area contributed by atoms with Crippen LogP contribution in [0.1, 0.15) is 35.5 Å². The van der Waals surface area contributed by atoms with Crippen LogP contribution in [0.3, 0.4) is 0 Å². The molecule has 1 aromatic carbocycles. The zero-order chi connectivity index (χ0) is 18.3. The molecule has 1 fully saturated rings. The van der Waals surface area contributed by atoms with Crippen LogP contribution in [0.15, 0.2) is 24.3 Å². The zero-order valence-corrected chi connectivity index (χ0v) is 16.0. The van der Waals surface area contributed by atoms with Crippen LogP contribution >= 0.6 is 0 Å². The first-order chi connectivity index (χ1) is 12.6. The molecule has 2 atom stereocenters. The van der Waals surface area contributed by atoms with Gasteiger partial charge >= 0.3 is 0 Å². The summed E-state index contributed by atoms with van der Waals surface area (Å²) in [5.74, 6) is 2.18. The lowest BCUT2D eigenvalue weighted by Crippen LogP contribution is -2.28. The van der Waals surface area contributed by atoms with Gasteiger partial charge in [-0.3, -0.25) is 4.90 Å². The number of para-hydroxylation sites is 2. The molecule has 0 aliphatic carbocycles. The molecule has 4 rings (SSSR count). The van der Waals surface area contributed by atoms with Gasteiger partial charge in [0.25, 0.3) is 0 Å². The van der Waals surface area contributed by atoms with E-state index in [1.165, 1.54) is 5.52 Å². The topological polar surface area (TPSA) is 59.0 Å². The fourth-order valence-corrected chi connectivity index (χ4v) is 3.96. The lowest BCUT2D eigenvalue weighted by atomic mass is 10.2. The third-order valence-corrected chi connectivity index (χ3v) is 5.66. The Morgan fingerprint density at radius 1 is 1.23 bits per heavy atom. The summed E-state index contributed by atoms with van der Waals surface area (Å²) in [6, 6.07) is 8.59. The van der Waals surface area contributed by atoms with Crippen molar-refractivity contribution in [1.29, 1.82) is 0 Å². The van der Waals surface area contributed by atoms with Crippen molar-refractivity contribution < 1.29 is 4.74 Å². The van der Waals surface area contributed by atoms with Crippen LogP contribution < -0.4 is 0 Å². The highest BCUT2D eigenvalue weighted by Crippen LogP contribution is 2.32. The lowest BCUT2D eigenvalue weighted by Gasteiger charge is -2.22. The number of H-pyrrole nitrogens is 1. The second kappa shape index (κ2) is 6.85. The molecule has 0 amide bonds. The first kappa shape index (κ1) is 17.2. The minimum atomic E-state index is 0.256. The lowest BCUT2D eigenvalue weighted by molar-refractivity contribution is 0.108. The quantitative estimate of drug-likeness (QED) is 0.766. The van der Waals surface area contributed by atoms with Crippen molar-refractivity contribution in [1.82, 2.24) is 24.4 Å². The second-order valence-corrected chi connectivity index (χ2v) is 7.26. The maximum atomic E-state index is 5.65. The molecular weight excluding hydrogens is 326 g/mol. The Balaban J connectivity index is 1.53. The summed E-state index contributed by atoms with van der Waals surface area (Å²) in [5.41, 5.74) is 4.48. The maximum Gasteiger partial charge on any atom is 0.124 e. The van der Waals surface area contributed by atoms with Gasteiger partial charge in [0.05, 0.1) is 28.9 Å². The number of likely N-dealkylation sites (tertiary alicyclic amines) is 1. The summed E-state index contributed by atoms with van der Waals surface area (Å²) < 4.78 is 7.85. The molecule has 3 aromatic rings. The van der Waals surface area contributed by atoms with Gasteiger partial charge in [-0.1, -0.05) is 12.1 Å². The van der Waals surface area contributed by atoms with E-state index in [0.717, 1.165) is 54.5 Å². The molecule has 0 bridgehead atoms. The Morgan fingerprint density at radius 3 is 2.73 bits per heavy atom. The highest BCUT2D eigenvalue weighted by atomic mass is 16.5. The predicted octanol–water partition coefficient (Wildman–Crippen LogP) is 2.92. The number of aromatic nitrogens is 4. The molecule has 1 N–H and O–H groups in total. The molecule has 1 aliphatic rings. The summed E-state index contributed by atoms with van der Waals surface area (Å²) in [4.78, 5) is 15.5. The van der Waals surface area contributed by atoms with Gasteiger partial charge in [0, 0.05) is 39.4 Å². The number of fused-ring (bicyclic) bond motifs is 1. The number of hydrogen-bond acceptors (Lipinski definition) is 4. The fraction of sp³-hybridized carbons (Fsp3) is 0.500. The summed E-state index contributed by atoms with van der Waals surface area (Å²) in [5, 5.41) is 0. The van der Waals surface area contributed by atoms with Gasteiger partial charge in [0.15, 0.2) is 0 Å². The Hall–Kier alpha value is -2.18. The number of methoxy groups -OCH3 is 1. The minimum absolute atomic E-state index is 0.256. The molecular formula is C20H27N5O. The first-order valence-corrected chi connectivity index (χ1v) is 9.27. The SMILES string of the molecule is CO[C@@H]1C[C@@H](c2nc(C)c(C)[nH]2)N(CCc2nc3ccccc3n2C)C1. The third-order valence-electron chi connectivity index (χ3n) is 5.66.